The quantitative estimate of drug-likeness (QED) is 0.139. The van der Waals surface area contributed by atoms with Crippen LogP contribution in [-0.2, 0) is 6.42 Å². The van der Waals surface area contributed by atoms with Crippen LogP contribution in [0.25, 0.3) is 44.5 Å². The van der Waals surface area contributed by atoms with Crippen LogP contribution >= 0.6 is 0 Å². The molecule has 0 bridgehead atoms. The van der Waals surface area contributed by atoms with E-state index in [1.54, 1.807) is 84.9 Å². The molecular formula is C41H27O8-. The molecule has 0 aliphatic carbocycles. The van der Waals surface area contributed by atoms with E-state index < -0.39 is 23.9 Å². The summed E-state index contributed by atoms with van der Waals surface area (Å²) >= 11 is 0. The summed E-state index contributed by atoms with van der Waals surface area (Å²) in [7, 11) is 0. The highest BCUT2D eigenvalue weighted by atomic mass is 16.4. The summed E-state index contributed by atoms with van der Waals surface area (Å²) in [5.74, 6) is -4.35. The van der Waals surface area contributed by atoms with E-state index in [2.05, 4.69) is 0 Å². The van der Waals surface area contributed by atoms with Gasteiger partial charge in [-0.05, 0) is 116 Å². The number of hydrogen-bond donors (Lipinski definition) is 3. The van der Waals surface area contributed by atoms with Crippen LogP contribution in [0.3, 0.4) is 0 Å². The Morgan fingerprint density at radius 2 is 0.612 bits per heavy atom. The maximum absolute atomic E-state index is 11.5. The van der Waals surface area contributed by atoms with Gasteiger partial charge in [-0.3, -0.25) is 0 Å². The van der Waals surface area contributed by atoms with Gasteiger partial charge in [-0.2, -0.15) is 0 Å². The van der Waals surface area contributed by atoms with Crippen LogP contribution in [0.1, 0.15) is 52.6 Å². The van der Waals surface area contributed by atoms with Gasteiger partial charge in [0.2, 0.25) is 0 Å². The molecule has 0 radical (unpaired) electrons. The highest BCUT2D eigenvalue weighted by Gasteiger charge is 2.13. The van der Waals surface area contributed by atoms with Gasteiger partial charge in [0.15, 0.2) is 0 Å². The van der Waals surface area contributed by atoms with Crippen molar-refractivity contribution >= 4 is 23.9 Å². The summed E-state index contributed by atoms with van der Waals surface area (Å²) in [5, 5.41) is 39.6. The summed E-state index contributed by atoms with van der Waals surface area (Å²) < 4.78 is 0. The lowest BCUT2D eigenvalue weighted by molar-refractivity contribution is -0.255. The monoisotopic (exact) mass is 647 g/mol. The van der Waals surface area contributed by atoms with E-state index >= 15 is 0 Å². The number of benzene rings is 6. The standard InChI is InChI=1S/C41H28O8/c42-38(43)30-9-1-26(2-10-30)34-18-24(19-35(22-34)27-3-11-31(12-4-27)39(44)45)17-25-20-36(28-5-13-32(14-6-28)40(46)47)23-37(21-25)29-7-15-33(16-8-29)41(48)49/h1-16,18-23H,17H2,(H,42,43)(H,44,45)(H,46,47)(H,48,49)/p-1. The average Bonchev–Trinajstić information content (AvgIpc) is 3.11. The molecule has 0 heterocycles. The van der Waals surface area contributed by atoms with E-state index in [4.69, 9.17) is 0 Å². The molecule has 0 aliphatic heterocycles. The largest absolute Gasteiger partial charge is 0.545 e. The number of carboxylic acid groups (broad SMARTS) is 4. The summed E-state index contributed by atoms with van der Waals surface area (Å²) in [5.41, 5.74) is 8.91. The predicted octanol–water partition coefficient (Wildman–Crippen LogP) is 7.40. The van der Waals surface area contributed by atoms with Crippen molar-refractivity contribution in [2.24, 2.45) is 0 Å². The third-order valence-electron chi connectivity index (χ3n) is 8.24. The molecule has 0 unspecified atom stereocenters. The molecule has 6 aromatic carbocycles. The average molecular weight is 648 g/mol. The van der Waals surface area contributed by atoms with E-state index in [0.29, 0.717) is 6.42 Å². The second-order valence-electron chi connectivity index (χ2n) is 11.5. The number of carbonyl (C=O) groups excluding carboxylic acids is 1. The maximum Gasteiger partial charge on any atom is 0.335 e. The van der Waals surface area contributed by atoms with Crippen molar-refractivity contribution < 1.29 is 39.6 Å². The Hall–Kier alpha value is -6.80. The van der Waals surface area contributed by atoms with Gasteiger partial charge in [-0.15, -0.1) is 0 Å². The molecule has 3 N–H and O–H groups in total. The van der Waals surface area contributed by atoms with Gasteiger partial charge >= 0.3 is 17.9 Å². The Labute approximate surface area is 280 Å². The lowest BCUT2D eigenvalue weighted by atomic mass is 9.90. The Balaban J connectivity index is 1.46. The van der Waals surface area contributed by atoms with Gasteiger partial charge in [-0.25, -0.2) is 14.4 Å². The van der Waals surface area contributed by atoms with Gasteiger partial charge in [0.1, 0.15) is 0 Å². The molecule has 240 valence electrons. The Bertz CT molecular complexity index is 1900. The van der Waals surface area contributed by atoms with Crippen molar-refractivity contribution in [3.63, 3.8) is 0 Å². The van der Waals surface area contributed by atoms with Crippen LogP contribution in [0.5, 0.6) is 0 Å². The Morgan fingerprint density at radius 1 is 0.367 bits per heavy atom. The van der Waals surface area contributed by atoms with Crippen molar-refractivity contribution in [2.75, 3.05) is 0 Å². The molecule has 0 spiro atoms. The molecule has 0 aromatic heterocycles. The fourth-order valence-electron chi connectivity index (χ4n) is 5.71. The molecule has 8 nitrogen and oxygen atoms in total. The highest BCUT2D eigenvalue weighted by Crippen LogP contribution is 2.33. The molecule has 0 fully saturated rings. The number of rotatable bonds is 10. The van der Waals surface area contributed by atoms with Gasteiger partial charge in [0.25, 0.3) is 0 Å². The second kappa shape index (κ2) is 13.5. The summed E-state index contributed by atoms with van der Waals surface area (Å²) in [4.78, 5) is 45.8. The number of carbonyl (C=O) groups is 4. The number of carboxylic acids is 4. The van der Waals surface area contributed by atoms with Gasteiger partial charge in [0, 0.05) is 0 Å². The van der Waals surface area contributed by atoms with Crippen LogP contribution in [0.2, 0.25) is 0 Å². The van der Waals surface area contributed by atoms with Crippen LogP contribution in [0.4, 0.5) is 0 Å². The molecule has 6 rings (SSSR count). The summed E-state index contributed by atoms with van der Waals surface area (Å²) in [6.45, 7) is 0. The lowest BCUT2D eigenvalue weighted by Crippen LogP contribution is -2.21. The van der Waals surface area contributed by atoms with E-state index in [1.165, 1.54) is 12.1 Å². The smallest absolute Gasteiger partial charge is 0.335 e. The first-order valence-corrected chi connectivity index (χ1v) is 15.1. The minimum absolute atomic E-state index is 0.0570. The predicted molar refractivity (Wildman–Crippen MR) is 183 cm³/mol. The highest BCUT2D eigenvalue weighted by molar-refractivity contribution is 5.90. The van der Waals surface area contributed by atoms with E-state index in [9.17, 15) is 39.6 Å². The van der Waals surface area contributed by atoms with Crippen molar-refractivity contribution in [3.05, 3.63) is 167 Å². The SMILES string of the molecule is O=C([O-])c1ccc(-c2cc(Cc3cc(-c4ccc(C(=O)O)cc4)cc(-c4ccc(C(=O)O)cc4)c3)cc(-c3ccc(C(=O)O)cc3)c2)cc1. The first kappa shape index (κ1) is 32.2. The van der Waals surface area contributed by atoms with Crippen LogP contribution < -0.4 is 5.11 Å². The molecule has 0 atom stereocenters. The summed E-state index contributed by atoms with van der Waals surface area (Å²) in [6.07, 6.45) is 0.465. The van der Waals surface area contributed by atoms with Crippen LogP contribution in [-0.4, -0.2) is 39.2 Å². The van der Waals surface area contributed by atoms with Crippen molar-refractivity contribution in [2.45, 2.75) is 6.42 Å². The normalized spacial score (nSPS) is 10.8. The molecule has 0 aliphatic rings. The van der Waals surface area contributed by atoms with Crippen LogP contribution in [0.15, 0.2) is 133 Å². The van der Waals surface area contributed by atoms with Crippen molar-refractivity contribution in [3.8, 4) is 44.5 Å². The minimum Gasteiger partial charge on any atom is -0.545 e. The van der Waals surface area contributed by atoms with Crippen molar-refractivity contribution in [1.82, 2.24) is 0 Å². The van der Waals surface area contributed by atoms with E-state index in [-0.39, 0.29) is 22.3 Å². The van der Waals surface area contributed by atoms with E-state index in [0.717, 1.165) is 55.6 Å². The molecule has 0 amide bonds. The number of hydrogen-bond acceptors (Lipinski definition) is 5. The molecule has 0 saturated carbocycles. The maximum atomic E-state index is 11.5. The fraction of sp³-hybridized carbons (Fsp3) is 0.0244. The molecule has 0 saturated heterocycles. The molecule has 6 aromatic rings. The fourth-order valence-corrected chi connectivity index (χ4v) is 5.71. The minimum atomic E-state index is -1.27. The third kappa shape index (κ3) is 7.29. The summed E-state index contributed by atoms with van der Waals surface area (Å²) in [6, 6.07) is 38.1. The number of aromatic carboxylic acids is 4. The van der Waals surface area contributed by atoms with Gasteiger partial charge in [-0.1, -0.05) is 84.9 Å². The van der Waals surface area contributed by atoms with Gasteiger partial charge in [0.05, 0.1) is 22.7 Å². The zero-order valence-corrected chi connectivity index (χ0v) is 25.8. The Kier molecular flexibility index (Phi) is 8.87. The van der Waals surface area contributed by atoms with Gasteiger partial charge < -0.3 is 25.2 Å². The first-order chi connectivity index (χ1) is 23.5. The zero-order chi connectivity index (χ0) is 34.7. The second-order valence-corrected chi connectivity index (χ2v) is 11.5. The molecule has 8 heteroatoms. The zero-order valence-electron chi connectivity index (χ0n) is 25.8. The third-order valence-corrected chi connectivity index (χ3v) is 8.24. The first-order valence-electron chi connectivity index (χ1n) is 15.1. The lowest BCUT2D eigenvalue weighted by Gasteiger charge is -2.14. The van der Waals surface area contributed by atoms with E-state index in [1.807, 2.05) is 36.4 Å². The topological polar surface area (TPSA) is 152 Å². The van der Waals surface area contributed by atoms with Crippen molar-refractivity contribution in [1.29, 1.82) is 0 Å². The molecule has 49 heavy (non-hydrogen) atoms. The Morgan fingerprint density at radius 3 is 0.837 bits per heavy atom. The van der Waals surface area contributed by atoms with Crippen LogP contribution in [0, 0.1) is 0 Å². The molecular weight excluding hydrogens is 620 g/mol.